The Morgan fingerprint density at radius 3 is 3.11 bits per heavy atom. The summed E-state index contributed by atoms with van der Waals surface area (Å²) in [7, 11) is 1.78. The Kier molecular flexibility index (Phi) is 2.97. The van der Waals surface area contributed by atoms with Crippen molar-refractivity contribution in [2.75, 3.05) is 24.2 Å². The molecule has 0 aliphatic rings. The lowest BCUT2D eigenvalue weighted by Crippen LogP contribution is -2.12. The zero-order valence-electron chi connectivity index (χ0n) is 10.5. The molecule has 0 aliphatic carbocycles. The highest BCUT2D eigenvalue weighted by molar-refractivity contribution is 5.86. The van der Waals surface area contributed by atoms with E-state index in [0.717, 1.165) is 24.3 Å². The Bertz CT molecular complexity index is 656. The second-order valence-corrected chi connectivity index (χ2v) is 3.97. The van der Waals surface area contributed by atoms with Gasteiger partial charge in [0.05, 0.1) is 18.1 Å². The fraction of sp³-hybridized carbons (Fsp3) is 0.273. The summed E-state index contributed by atoms with van der Waals surface area (Å²) in [6, 6.07) is 1.90. The van der Waals surface area contributed by atoms with Crippen LogP contribution in [-0.2, 0) is 6.54 Å². The lowest BCUT2D eigenvalue weighted by molar-refractivity contribution is 0.637. The fourth-order valence-corrected chi connectivity index (χ4v) is 1.80. The molecule has 3 N–H and O–H groups in total. The van der Waals surface area contributed by atoms with Gasteiger partial charge < -0.3 is 10.6 Å². The van der Waals surface area contributed by atoms with E-state index in [9.17, 15) is 0 Å². The van der Waals surface area contributed by atoms with E-state index >= 15 is 0 Å². The number of H-pyrrole nitrogens is 1. The lowest BCUT2D eigenvalue weighted by atomic mass is 10.4. The van der Waals surface area contributed by atoms with Gasteiger partial charge in [-0.15, -0.1) is 0 Å². The number of aromatic nitrogens is 6. The van der Waals surface area contributed by atoms with Gasteiger partial charge >= 0.3 is 0 Å². The minimum Gasteiger partial charge on any atom is -0.367 e. The molecule has 3 heterocycles. The fourth-order valence-electron chi connectivity index (χ4n) is 1.80. The molecule has 0 amide bonds. The maximum atomic E-state index is 4.39. The van der Waals surface area contributed by atoms with Crippen LogP contribution in [0.1, 0.15) is 0 Å². The first-order valence-electron chi connectivity index (χ1n) is 5.97. The Balaban J connectivity index is 1.77. The third-order valence-electron chi connectivity index (χ3n) is 2.73. The molecule has 0 saturated heterocycles. The smallest absolute Gasteiger partial charge is 0.226 e. The first-order chi connectivity index (χ1) is 9.36. The SMILES string of the molecule is CNc1nc(NCCn2cccn2)c2cn[nH]c2n1. The maximum Gasteiger partial charge on any atom is 0.226 e. The molecule has 3 aromatic rings. The van der Waals surface area contributed by atoms with E-state index < -0.39 is 0 Å². The van der Waals surface area contributed by atoms with Crippen LogP contribution in [0.4, 0.5) is 11.8 Å². The number of anilines is 2. The van der Waals surface area contributed by atoms with Gasteiger partial charge in [0.15, 0.2) is 5.65 Å². The zero-order chi connectivity index (χ0) is 13.1. The van der Waals surface area contributed by atoms with Gasteiger partial charge in [-0.25, -0.2) is 0 Å². The van der Waals surface area contributed by atoms with Crippen molar-refractivity contribution >= 4 is 22.8 Å². The number of hydrogen-bond donors (Lipinski definition) is 3. The van der Waals surface area contributed by atoms with Crippen LogP contribution in [-0.4, -0.2) is 43.5 Å². The first kappa shape index (κ1) is 11.5. The Morgan fingerprint density at radius 1 is 1.37 bits per heavy atom. The third kappa shape index (κ3) is 2.32. The van der Waals surface area contributed by atoms with E-state index in [1.807, 2.05) is 16.9 Å². The predicted molar refractivity (Wildman–Crippen MR) is 71.9 cm³/mol. The third-order valence-corrected chi connectivity index (χ3v) is 2.73. The summed E-state index contributed by atoms with van der Waals surface area (Å²) in [5, 5.41) is 18.0. The second kappa shape index (κ2) is 4.92. The quantitative estimate of drug-likeness (QED) is 0.623. The first-order valence-corrected chi connectivity index (χ1v) is 5.97. The van der Waals surface area contributed by atoms with Crippen LogP contribution in [0.15, 0.2) is 24.7 Å². The molecule has 8 heteroatoms. The largest absolute Gasteiger partial charge is 0.367 e. The van der Waals surface area contributed by atoms with Gasteiger partial charge in [0, 0.05) is 26.0 Å². The zero-order valence-corrected chi connectivity index (χ0v) is 10.5. The standard InChI is InChI=1S/C11H14N8/c1-12-11-16-9(8-7-14-18-10(8)17-11)13-4-6-19-5-2-3-15-19/h2-3,5,7H,4,6H2,1H3,(H3,12,13,14,16,17,18). The molecule has 8 nitrogen and oxygen atoms in total. The molecular formula is C11H14N8. The molecule has 0 spiro atoms. The number of fused-ring (bicyclic) bond motifs is 1. The van der Waals surface area contributed by atoms with E-state index in [1.54, 1.807) is 19.4 Å². The highest BCUT2D eigenvalue weighted by atomic mass is 15.3. The molecule has 0 bridgehead atoms. The number of aromatic amines is 1. The molecule has 3 rings (SSSR count). The molecule has 98 valence electrons. The van der Waals surface area contributed by atoms with Crippen molar-refractivity contribution in [1.82, 2.24) is 29.9 Å². The second-order valence-electron chi connectivity index (χ2n) is 3.97. The topological polar surface area (TPSA) is 96.3 Å². The van der Waals surface area contributed by atoms with Crippen LogP contribution in [0.5, 0.6) is 0 Å². The summed E-state index contributed by atoms with van der Waals surface area (Å²) in [6.45, 7) is 1.49. The van der Waals surface area contributed by atoms with Gasteiger partial charge in [-0.05, 0) is 6.07 Å². The van der Waals surface area contributed by atoms with Crippen molar-refractivity contribution in [2.24, 2.45) is 0 Å². The van der Waals surface area contributed by atoms with Gasteiger partial charge in [-0.2, -0.15) is 20.2 Å². The summed E-state index contributed by atoms with van der Waals surface area (Å²) < 4.78 is 1.86. The highest BCUT2D eigenvalue weighted by Crippen LogP contribution is 2.19. The Hall–Kier alpha value is -2.64. The summed E-state index contributed by atoms with van der Waals surface area (Å²) in [4.78, 5) is 8.66. The van der Waals surface area contributed by atoms with Crippen LogP contribution >= 0.6 is 0 Å². The lowest BCUT2D eigenvalue weighted by Gasteiger charge is -2.08. The van der Waals surface area contributed by atoms with E-state index in [-0.39, 0.29) is 0 Å². The number of nitrogens with zero attached hydrogens (tertiary/aromatic N) is 5. The monoisotopic (exact) mass is 258 g/mol. The minimum absolute atomic E-state index is 0.554. The molecule has 0 aromatic carbocycles. The van der Waals surface area contributed by atoms with Crippen LogP contribution in [0.25, 0.3) is 11.0 Å². The molecule has 3 aromatic heterocycles. The van der Waals surface area contributed by atoms with E-state index in [2.05, 4.69) is 35.9 Å². The average molecular weight is 258 g/mol. The molecule has 0 atom stereocenters. The van der Waals surface area contributed by atoms with E-state index in [0.29, 0.717) is 11.6 Å². The van der Waals surface area contributed by atoms with Gasteiger partial charge in [0.1, 0.15) is 5.82 Å². The Labute approximate surface area is 109 Å². The number of nitrogens with one attached hydrogen (secondary N) is 3. The van der Waals surface area contributed by atoms with Gasteiger partial charge in [-0.3, -0.25) is 9.78 Å². The summed E-state index contributed by atoms with van der Waals surface area (Å²) in [5.74, 6) is 1.31. The number of rotatable bonds is 5. The molecule has 19 heavy (non-hydrogen) atoms. The molecule has 0 aliphatic heterocycles. The van der Waals surface area contributed by atoms with Crippen molar-refractivity contribution in [2.45, 2.75) is 6.54 Å². The van der Waals surface area contributed by atoms with E-state index in [4.69, 9.17) is 0 Å². The molecule has 0 saturated carbocycles. The van der Waals surface area contributed by atoms with Crippen molar-refractivity contribution < 1.29 is 0 Å². The molecule has 0 unspecified atom stereocenters. The summed E-state index contributed by atoms with van der Waals surface area (Å²) in [5.41, 5.74) is 0.709. The normalized spacial score (nSPS) is 10.8. The van der Waals surface area contributed by atoms with E-state index in [1.165, 1.54) is 0 Å². The molecule has 0 radical (unpaired) electrons. The molecular weight excluding hydrogens is 244 g/mol. The summed E-state index contributed by atoms with van der Waals surface area (Å²) in [6.07, 6.45) is 5.40. The summed E-state index contributed by atoms with van der Waals surface area (Å²) >= 11 is 0. The van der Waals surface area contributed by atoms with Crippen LogP contribution in [0.3, 0.4) is 0 Å². The van der Waals surface area contributed by atoms with Gasteiger partial charge in [0.25, 0.3) is 0 Å². The highest BCUT2D eigenvalue weighted by Gasteiger charge is 2.08. The van der Waals surface area contributed by atoms with Gasteiger partial charge in [-0.1, -0.05) is 0 Å². The van der Waals surface area contributed by atoms with Crippen molar-refractivity contribution in [1.29, 1.82) is 0 Å². The van der Waals surface area contributed by atoms with Crippen LogP contribution < -0.4 is 10.6 Å². The minimum atomic E-state index is 0.554. The van der Waals surface area contributed by atoms with Crippen molar-refractivity contribution in [3.05, 3.63) is 24.7 Å². The van der Waals surface area contributed by atoms with Crippen molar-refractivity contribution in [3.63, 3.8) is 0 Å². The van der Waals surface area contributed by atoms with Gasteiger partial charge in [0.2, 0.25) is 5.95 Å². The maximum absolute atomic E-state index is 4.39. The Morgan fingerprint density at radius 2 is 2.32 bits per heavy atom. The van der Waals surface area contributed by atoms with Crippen molar-refractivity contribution in [3.8, 4) is 0 Å². The molecule has 0 fully saturated rings. The number of hydrogen-bond acceptors (Lipinski definition) is 6. The van der Waals surface area contributed by atoms with Crippen LogP contribution in [0.2, 0.25) is 0 Å². The predicted octanol–water partition coefficient (Wildman–Crippen LogP) is 0.703. The van der Waals surface area contributed by atoms with Crippen LogP contribution in [0, 0.1) is 0 Å². The average Bonchev–Trinajstić information content (AvgIpc) is 3.08.